The van der Waals surface area contributed by atoms with E-state index in [0.29, 0.717) is 22.7 Å². The molecule has 1 heterocycles. The van der Waals surface area contributed by atoms with Crippen LogP contribution in [0.1, 0.15) is 10.4 Å². The van der Waals surface area contributed by atoms with Crippen molar-refractivity contribution in [1.82, 2.24) is 0 Å². The lowest BCUT2D eigenvalue weighted by molar-refractivity contribution is -0.118. The zero-order chi connectivity index (χ0) is 19.3. The van der Waals surface area contributed by atoms with Gasteiger partial charge in [0.2, 0.25) is 0 Å². The maximum Gasteiger partial charge on any atom is 0.262 e. The van der Waals surface area contributed by atoms with Gasteiger partial charge in [0, 0.05) is 21.8 Å². The summed E-state index contributed by atoms with van der Waals surface area (Å²) in [5.41, 5.74) is 2.65. The Morgan fingerprint density at radius 2 is 1.75 bits per heavy atom. The molecule has 0 fully saturated rings. The number of nitrogens with one attached hydrogen (secondary N) is 3. The molecule has 1 aliphatic rings. The molecule has 2 amide bonds. The van der Waals surface area contributed by atoms with E-state index in [9.17, 15) is 9.59 Å². The number of anilines is 3. The van der Waals surface area contributed by atoms with Gasteiger partial charge in [-0.2, -0.15) is 0 Å². The van der Waals surface area contributed by atoms with Crippen molar-refractivity contribution in [2.45, 2.75) is 4.90 Å². The van der Waals surface area contributed by atoms with E-state index in [0.717, 1.165) is 10.6 Å². The molecule has 0 radical (unpaired) electrons. The third kappa shape index (κ3) is 4.27. The van der Waals surface area contributed by atoms with Crippen LogP contribution in [0.3, 0.4) is 0 Å². The first kappa shape index (κ1) is 17.9. The minimum atomic E-state index is -0.259. The topological polar surface area (TPSA) is 79.5 Å². The Kier molecular flexibility index (Phi) is 5.16. The molecule has 28 heavy (non-hydrogen) atoms. The standard InChI is InChI=1S/C21H17N3O3S/c25-20-13-27-19-11-6-14(12-18(19)23-20)21(26)22-15-7-9-17(10-8-15)28-24-16-4-2-1-3-5-16/h1-12,24H,13H2,(H,22,26)(H,23,25). The van der Waals surface area contributed by atoms with E-state index in [1.807, 2.05) is 54.6 Å². The first-order valence-electron chi connectivity index (χ1n) is 8.63. The summed E-state index contributed by atoms with van der Waals surface area (Å²) in [5.74, 6) is 0.0659. The summed E-state index contributed by atoms with van der Waals surface area (Å²) < 4.78 is 8.57. The number of benzene rings is 3. The van der Waals surface area contributed by atoms with Gasteiger partial charge in [-0.1, -0.05) is 18.2 Å². The number of para-hydroxylation sites is 1. The van der Waals surface area contributed by atoms with E-state index >= 15 is 0 Å². The van der Waals surface area contributed by atoms with Gasteiger partial charge in [-0.15, -0.1) is 0 Å². The molecule has 0 aliphatic carbocycles. The van der Waals surface area contributed by atoms with E-state index in [2.05, 4.69) is 15.4 Å². The number of hydrogen-bond acceptors (Lipinski definition) is 5. The fourth-order valence-corrected chi connectivity index (χ4v) is 3.30. The van der Waals surface area contributed by atoms with Crippen molar-refractivity contribution in [3.05, 3.63) is 78.4 Å². The highest BCUT2D eigenvalue weighted by Gasteiger charge is 2.17. The average Bonchev–Trinajstić information content (AvgIpc) is 2.73. The second-order valence-electron chi connectivity index (χ2n) is 6.10. The monoisotopic (exact) mass is 391 g/mol. The summed E-state index contributed by atoms with van der Waals surface area (Å²) in [6, 6.07) is 22.4. The number of fused-ring (bicyclic) bond motifs is 1. The molecule has 4 rings (SSSR count). The Morgan fingerprint density at radius 3 is 2.54 bits per heavy atom. The first-order valence-corrected chi connectivity index (χ1v) is 9.45. The van der Waals surface area contributed by atoms with Crippen LogP contribution in [0.5, 0.6) is 5.75 Å². The summed E-state index contributed by atoms with van der Waals surface area (Å²) in [6.07, 6.45) is 0. The normalized spacial score (nSPS) is 12.4. The van der Waals surface area contributed by atoms with Crippen LogP contribution in [0.25, 0.3) is 0 Å². The van der Waals surface area contributed by atoms with Gasteiger partial charge in [0.1, 0.15) is 5.75 Å². The van der Waals surface area contributed by atoms with Gasteiger partial charge < -0.3 is 20.1 Å². The molecule has 0 bridgehead atoms. The number of carbonyl (C=O) groups excluding carboxylic acids is 2. The zero-order valence-corrected chi connectivity index (χ0v) is 15.6. The molecule has 6 nitrogen and oxygen atoms in total. The Morgan fingerprint density at radius 1 is 0.964 bits per heavy atom. The third-order valence-electron chi connectivity index (χ3n) is 4.05. The highest BCUT2D eigenvalue weighted by atomic mass is 32.2. The number of ether oxygens (including phenoxy) is 1. The Hall–Kier alpha value is -3.45. The van der Waals surface area contributed by atoms with Gasteiger partial charge in [0.25, 0.3) is 11.8 Å². The van der Waals surface area contributed by atoms with Crippen molar-refractivity contribution in [3.63, 3.8) is 0 Å². The maximum atomic E-state index is 12.5. The molecule has 3 N–H and O–H groups in total. The molecule has 1 aliphatic heterocycles. The second kappa shape index (κ2) is 8.06. The van der Waals surface area contributed by atoms with Crippen molar-refractivity contribution in [2.75, 3.05) is 22.0 Å². The van der Waals surface area contributed by atoms with Gasteiger partial charge >= 0.3 is 0 Å². The highest BCUT2D eigenvalue weighted by Crippen LogP contribution is 2.29. The Labute approximate surface area is 166 Å². The Bertz CT molecular complexity index is 1010. The van der Waals surface area contributed by atoms with Crippen LogP contribution < -0.4 is 20.1 Å². The molecule has 0 spiro atoms. The van der Waals surface area contributed by atoms with Crippen LogP contribution in [0, 0.1) is 0 Å². The number of rotatable bonds is 5. The van der Waals surface area contributed by atoms with E-state index in [4.69, 9.17) is 4.74 Å². The molecule has 0 saturated heterocycles. The third-order valence-corrected chi connectivity index (χ3v) is 4.89. The van der Waals surface area contributed by atoms with Gasteiger partial charge in [-0.25, -0.2) is 0 Å². The van der Waals surface area contributed by atoms with Crippen LogP contribution in [-0.4, -0.2) is 18.4 Å². The van der Waals surface area contributed by atoms with Crippen LogP contribution in [0.15, 0.2) is 77.7 Å². The lowest BCUT2D eigenvalue weighted by Crippen LogP contribution is -2.25. The van der Waals surface area contributed by atoms with Crippen LogP contribution in [-0.2, 0) is 4.79 Å². The fraction of sp³-hybridized carbons (Fsp3) is 0.0476. The van der Waals surface area contributed by atoms with Crippen LogP contribution in [0.2, 0.25) is 0 Å². The van der Waals surface area contributed by atoms with Crippen molar-refractivity contribution < 1.29 is 14.3 Å². The summed E-state index contributed by atoms with van der Waals surface area (Å²) >= 11 is 1.50. The molecule has 3 aromatic carbocycles. The summed E-state index contributed by atoms with van der Waals surface area (Å²) in [7, 11) is 0. The smallest absolute Gasteiger partial charge is 0.262 e. The predicted octanol–water partition coefficient (Wildman–Crippen LogP) is 4.39. The summed E-state index contributed by atoms with van der Waals surface area (Å²) in [4.78, 5) is 24.9. The Balaban J connectivity index is 1.38. The van der Waals surface area contributed by atoms with Gasteiger partial charge in [0.15, 0.2) is 6.61 Å². The quantitative estimate of drug-likeness (QED) is 0.562. The van der Waals surface area contributed by atoms with E-state index < -0.39 is 0 Å². The molecule has 3 aromatic rings. The van der Waals surface area contributed by atoms with Gasteiger partial charge in [-0.3, -0.25) is 9.59 Å². The second-order valence-corrected chi connectivity index (χ2v) is 6.98. The fourth-order valence-electron chi connectivity index (χ4n) is 2.66. The molecule has 7 heteroatoms. The van der Waals surface area contributed by atoms with Crippen LogP contribution >= 0.6 is 11.9 Å². The minimum Gasteiger partial charge on any atom is -0.482 e. The molecule has 0 atom stereocenters. The maximum absolute atomic E-state index is 12.5. The van der Waals surface area contributed by atoms with E-state index in [1.54, 1.807) is 18.2 Å². The molecular weight excluding hydrogens is 374 g/mol. The summed E-state index contributed by atoms with van der Waals surface area (Å²) in [5, 5.41) is 5.56. The highest BCUT2D eigenvalue weighted by molar-refractivity contribution is 8.00. The lowest BCUT2D eigenvalue weighted by atomic mass is 10.1. The molecule has 0 aromatic heterocycles. The van der Waals surface area contributed by atoms with Crippen molar-refractivity contribution in [2.24, 2.45) is 0 Å². The SMILES string of the molecule is O=C1COc2ccc(C(=O)Nc3ccc(SNc4ccccc4)cc3)cc2N1. The lowest BCUT2D eigenvalue weighted by Gasteiger charge is -2.18. The van der Waals surface area contributed by atoms with Crippen molar-refractivity contribution >= 4 is 40.8 Å². The zero-order valence-electron chi connectivity index (χ0n) is 14.8. The van der Waals surface area contributed by atoms with E-state index in [-0.39, 0.29) is 18.4 Å². The number of hydrogen-bond donors (Lipinski definition) is 3. The van der Waals surface area contributed by atoms with Crippen molar-refractivity contribution in [1.29, 1.82) is 0 Å². The number of carbonyl (C=O) groups is 2. The largest absolute Gasteiger partial charge is 0.482 e. The summed E-state index contributed by atoms with van der Waals surface area (Å²) in [6.45, 7) is -0.0119. The first-order chi connectivity index (χ1) is 13.7. The van der Waals surface area contributed by atoms with Gasteiger partial charge in [0.05, 0.1) is 5.69 Å². The van der Waals surface area contributed by atoms with Crippen molar-refractivity contribution in [3.8, 4) is 5.75 Å². The van der Waals surface area contributed by atoms with Gasteiger partial charge in [-0.05, 0) is 66.5 Å². The van der Waals surface area contributed by atoms with Crippen LogP contribution in [0.4, 0.5) is 17.1 Å². The van der Waals surface area contributed by atoms with E-state index in [1.165, 1.54) is 11.9 Å². The number of amides is 2. The molecule has 0 saturated carbocycles. The molecular formula is C21H17N3O3S. The molecule has 0 unspecified atom stereocenters. The minimum absolute atomic E-state index is 0.0119. The predicted molar refractivity (Wildman–Crippen MR) is 111 cm³/mol. The molecule has 140 valence electrons. The average molecular weight is 391 g/mol.